The second-order valence-corrected chi connectivity index (χ2v) is 7.80. The van der Waals surface area contributed by atoms with E-state index < -0.39 is 0 Å². The highest BCUT2D eigenvalue weighted by Crippen LogP contribution is 2.33. The molecule has 0 saturated carbocycles. The molecule has 1 aliphatic rings. The lowest BCUT2D eigenvalue weighted by Gasteiger charge is -2.36. The summed E-state index contributed by atoms with van der Waals surface area (Å²) >= 11 is 2.71. The van der Waals surface area contributed by atoms with Crippen molar-refractivity contribution in [2.75, 3.05) is 25.1 Å². The number of carbonyl (C=O) groups is 1. The predicted octanol–water partition coefficient (Wildman–Crippen LogP) is 2.97. The van der Waals surface area contributed by atoms with Crippen LogP contribution >= 0.6 is 23.1 Å². The number of likely N-dealkylation sites (tertiary alicyclic amines) is 1. The minimum absolute atomic E-state index is 0.112. The van der Waals surface area contributed by atoms with Crippen LogP contribution in [0.3, 0.4) is 0 Å². The summed E-state index contributed by atoms with van der Waals surface area (Å²) in [6.07, 6.45) is 3.16. The Morgan fingerprint density at radius 2 is 2.33 bits per heavy atom. The highest BCUT2D eigenvalue weighted by molar-refractivity contribution is 8.01. The number of carbonyl (C=O) groups excluding carboxylic acids is 1. The van der Waals surface area contributed by atoms with Crippen LogP contribution in [0, 0.1) is 0 Å². The molecule has 2 heterocycles. The third-order valence-electron chi connectivity index (χ3n) is 4.04. The molecule has 0 radical (unpaired) electrons. The molecule has 1 amide bonds. The fraction of sp³-hybridized carbons (Fsp3) is 0.438. The zero-order valence-corrected chi connectivity index (χ0v) is 15.1. The first-order valence-electron chi connectivity index (χ1n) is 7.82. The van der Waals surface area contributed by atoms with Gasteiger partial charge in [0, 0.05) is 6.54 Å². The van der Waals surface area contributed by atoms with E-state index in [2.05, 4.69) is 16.3 Å². The van der Waals surface area contributed by atoms with Crippen molar-refractivity contribution in [3.05, 3.63) is 29.8 Å². The van der Waals surface area contributed by atoms with Crippen molar-refractivity contribution in [3.8, 4) is 5.75 Å². The van der Waals surface area contributed by atoms with Gasteiger partial charge in [0.2, 0.25) is 11.0 Å². The van der Waals surface area contributed by atoms with Gasteiger partial charge in [-0.05, 0) is 37.0 Å². The summed E-state index contributed by atoms with van der Waals surface area (Å²) in [6.45, 7) is 0.791. The second-order valence-electron chi connectivity index (χ2n) is 5.57. The molecule has 128 valence electrons. The van der Waals surface area contributed by atoms with E-state index in [4.69, 9.17) is 10.5 Å². The minimum atomic E-state index is 0.112. The van der Waals surface area contributed by atoms with Crippen molar-refractivity contribution in [2.45, 2.75) is 29.6 Å². The summed E-state index contributed by atoms with van der Waals surface area (Å²) in [5.41, 5.74) is 6.71. The number of anilines is 1. The molecule has 6 nitrogen and oxygen atoms in total. The average Bonchev–Trinajstić information content (AvgIpc) is 3.05. The second kappa shape index (κ2) is 7.85. The zero-order valence-electron chi connectivity index (χ0n) is 13.5. The summed E-state index contributed by atoms with van der Waals surface area (Å²) in [7, 11) is 1.66. The number of ether oxygens (including phenoxy) is 1. The van der Waals surface area contributed by atoms with Gasteiger partial charge in [-0.3, -0.25) is 4.79 Å². The van der Waals surface area contributed by atoms with Gasteiger partial charge in [0.15, 0.2) is 4.34 Å². The first kappa shape index (κ1) is 17.0. The highest BCUT2D eigenvalue weighted by Gasteiger charge is 2.28. The molecule has 3 rings (SSSR count). The Kier molecular flexibility index (Phi) is 5.57. The van der Waals surface area contributed by atoms with Crippen LogP contribution in [-0.2, 0) is 4.79 Å². The van der Waals surface area contributed by atoms with Crippen molar-refractivity contribution in [1.82, 2.24) is 15.1 Å². The van der Waals surface area contributed by atoms with Crippen LogP contribution in [0.25, 0.3) is 0 Å². The number of piperidine rings is 1. The van der Waals surface area contributed by atoms with Gasteiger partial charge in [0.25, 0.3) is 0 Å². The monoisotopic (exact) mass is 364 g/mol. The lowest BCUT2D eigenvalue weighted by molar-refractivity contribution is -0.132. The molecule has 0 bridgehead atoms. The number of nitrogens with zero attached hydrogens (tertiary/aromatic N) is 3. The van der Waals surface area contributed by atoms with Crippen LogP contribution < -0.4 is 10.5 Å². The Bertz CT molecular complexity index is 707. The number of benzene rings is 1. The molecule has 1 aromatic carbocycles. The summed E-state index contributed by atoms with van der Waals surface area (Å²) < 4.78 is 6.05. The van der Waals surface area contributed by atoms with Crippen LogP contribution in [0.1, 0.15) is 30.9 Å². The van der Waals surface area contributed by atoms with Gasteiger partial charge in [-0.25, -0.2) is 0 Å². The van der Waals surface area contributed by atoms with Gasteiger partial charge in [0.1, 0.15) is 5.75 Å². The molecule has 2 aromatic rings. The third-order valence-corrected chi connectivity index (χ3v) is 5.91. The number of methoxy groups -OCH3 is 1. The summed E-state index contributed by atoms with van der Waals surface area (Å²) in [5, 5.41) is 8.16. The molecule has 1 atom stereocenters. The van der Waals surface area contributed by atoms with Crippen LogP contribution in [0.2, 0.25) is 0 Å². The first-order chi connectivity index (χ1) is 11.7. The van der Waals surface area contributed by atoms with Crippen LogP contribution in [-0.4, -0.2) is 40.4 Å². The lowest BCUT2D eigenvalue weighted by atomic mass is 9.95. The van der Waals surface area contributed by atoms with Crippen molar-refractivity contribution >= 4 is 34.1 Å². The van der Waals surface area contributed by atoms with E-state index in [9.17, 15) is 4.79 Å². The maximum atomic E-state index is 12.7. The van der Waals surface area contributed by atoms with E-state index in [1.54, 1.807) is 7.11 Å². The summed E-state index contributed by atoms with van der Waals surface area (Å²) in [5.74, 6) is 1.31. The largest absolute Gasteiger partial charge is 0.497 e. The molecule has 2 N–H and O–H groups in total. The fourth-order valence-corrected chi connectivity index (χ4v) is 4.43. The quantitative estimate of drug-likeness (QED) is 0.822. The average molecular weight is 364 g/mol. The standard InChI is InChI=1S/C16H20N4O2S2/c1-22-12-6-4-5-11(9-12)13-7-2-3-8-20(13)14(21)10-23-16-19-18-15(17)24-16/h4-6,9,13H,2-3,7-8,10H2,1H3,(H2,17,18). The Balaban J connectivity index is 1.70. The molecule has 24 heavy (non-hydrogen) atoms. The molecule has 1 fully saturated rings. The number of thioether (sulfide) groups is 1. The van der Waals surface area contributed by atoms with Crippen LogP contribution in [0.5, 0.6) is 5.75 Å². The van der Waals surface area contributed by atoms with Gasteiger partial charge in [-0.2, -0.15) is 0 Å². The van der Waals surface area contributed by atoms with E-state index in [0.29, 0.717) is 10.9 Å². The molecule has 1 saturated heterocycles. The normalized spacial score (nSPS) is 17.7. The van der Waals surface area contributed by atoms with Gasteiger partial charge < -0.3 is 15.4 Å². The number of nitrogens with two attached hydrogens (primary N) is 1. The number of hydrogen-bond acceptors (Lipinski definition) is 7. The van der Waals surface area contributed by atoms with Crippen molar-refractivity contribution in [2.24, 2.45) is 0 Å². The number of rotatable bonds is 5. The number of aromatic nitrogens is 2. The Hall–Kier alpha value is -1.80. The molecular weight excluding hydrogens is 344 g/mol. The summed E-state index contributed by atoms with van der Waals surface area (Å²) in [6, 6.07) is 8.10. The van der Waals surface area contributed by atoms with E-state index >= 15 is 0 Å². The molecule has 1 unspecified atom stereocenters. The maximum absolute atomic E-state index is 12.7. The van der Waals surface area contributed by atoms with Gasteiger partial charge in [-0.1, -0.05) is 35.2 Å². The van der Waals surface area contributed by atoms with Crippen molar-refractivity contribution in [1.29, 1.82) is 0 Å². The number of nitrogen functional groups attached to an aromatic ring is 1. The summed E-state index contributed by atoms with van der Waals surface area (Å²) in [4.78, 5) is 14.7. The molecule has 1 aliphatic heterocycles. The van der Waals surface area contributed by atoms with Crippen molar-refractivity contribution in [3.63, 3.8) is 0 Å². The van der Waals surface area contributed by atoms with E-state index in [-0.39, 0.29) is 11.9 Å². The predicted molar refractivity (Wildman–Crippen MR) is 96.3 cm³/mol. The molecular formula is C16H20N4O2S2. The Morgan fingerprint density at radius 1 is 1.46 bits per heavy atom. The van der Waals surface area contributed by atoms with Gasteiger partial charge in [-0.15, -0.1) is 10.2 Å². The van der Waals surface area contributed by atoms with E-state index in [1.165, 1.54) is 23.1 Å². The van der Waals surface area contributed by atoms with E-state index in [1.807, 2.05) is 23.1 Å². The lowest BCUT2D eigenvalue weighted by Crippen LogP contribution is -2.39. The molecule has 8 heteroatoms. The highest BCUT2D eigenvalue weighted by atomic mass is 32.2. The van der Waals surface area contributed by atoms with Crippen molar-refractivity contribution < 1.29 is 9.53 Å². The smallest absolute Gasteiger partial charge is 0.233 e. The number of amides is 1. The zero-order chi connectivity index (χ0) is 16.9. The van der Waals surface area contributed by atoms with Gasteiger partial charge in [0.05, 0.1) is 18.9 Å². The molecule has 0 aliphatic carbocycles. The molecule has 1 aromatic heterocycles. The van der Waals surface area contributed by atoms with Gasteiger partial charge >= 0.3 is 0 Å². The van der Waals surface area contributed by atoms with Crippen LogP contribution in [0.4, 0.5) is 5.13 Å². The first-order valence-corrected chi connectivity index (χ1v) is 9.63. The SMILES string of the molecule is COc1cccc(C2CCCCN2C(=O)CSc2nnc(N)s2)c1. The third kappa shape index (κ3) is 3.99. The molecule has 0 spiro atoms. The Labute approximate surface area is 149 Å². The Morgan fingerprint density at radius 3 is 3.08 bits per heavy atom. The topological polar surface area (TPSA) is 81.3 Å². The van der Waals surface area contributed by atoms with Crippen LogP contribution in [0.15, 0.2) is 28.6 Å². The number of hydrogen-bond donors (Lipinski definition) is 1. The maximum Gasteiger partial charge on any atom is 0.233 e. The van der Waals surface area contributed by atoms with E-state index in [0.717, 1.165) is 41.5 Å². The minimum Gasteiger partial charge on any atom is -0.497 e. The fourth-order valence-electron chi connectivity index (χ4n) is 2.91.